The van der Waals surface area contributed by atoms with Crippen molar-refractivity contribution in [2.24, 2.45) is 0 Å². The zero-order valence-corrected chi connectivity index (χ0v) is 14.4. The van der Waals surface area contributed by atoms with Gasteiger partial charge >= 0.3 is 0 Å². The fourth-order valence-corrected chi connectivity index (χ4v) is 3.83. The Labute approximate surface area is 141 Å². The van der Waals surface area contributed by atoms with Crippen LogP contribution in [0.3, 0.4) is 0 Å². The third-order valence-electron chi connectivity index (χ3n) is 4.27. The molecule has 2 heterocycles. The van der Waals surface area contributed by atoms with Crippen LogP contribution in [0.4, 0.5) is 0 Å². The number of carbonyl (C=O) groups is 1. The van der Waals surface area contributed by atoms with Crippen LogP contribution in [0.5, 0.6) is 0 Å². The third kappa shape index (κ3) is 3.64. The fourth-order valence-electron chi connectivity index (χ4n) is 2.83. The maximum atomic E-state index is 12.7. The molecule has 0 radical (unpaired) electrons. The Morgan fingerprint density at radius 2 is 1.96 bits per heavy atom. The Hall–Kier alpha value is -1.66. The van der Waals surface area contributed by atoms with Crippen LogP contribution in [0.25, 0.3) is 10.9 Å². The molecule has 3 rings (SSSR count). The highest BCUT2D eigenvalue weighted by Gasteiger charge is 2.25. The van der Waals surface area contributed by atoms with Gasteiger partial charge in [-0.2, -0.15) is 0 Å². The van der Waals surface area contributed by atoms with Crippen molar-refractivity contribution in [3.8, 4) is 0 Å². The number of benzene rings is 1. The van der Waals surface area contributed by atoms with Gasteiger partial charge in [0.15, 0.2) is 0 Å². The average Bonchev–Trinajstić information content (AvgIpc) is 2.61. The van der Waals surface area contributed by atoms with Crippen LogP contribution in [0.15, 0.2) is 35.6 Å². The van der Waals surface area contributed by atoms with Gasteiger partial charge in [-0.15, -0.1) is 0 Å². The first-order valence-corrected chi connectivity index (χ1v) is 8.94. The molecule has 1 fully saturated rings. The molecule has 0 spiro atoms. The molecule has 0 N–H and O–H groups in total. The molecule has 0 unspecified atom stereocenters. The summed E-state index contributed by atoms with van der Waals surface area (Å²) < 4.78 is 0. The van der Waals surface area contributed by atoms with E-state index in [0.29, 0.717) is 0 Å². The minimum atomic E-state index is -0.138. The maximum absolute atomic E-state index is 12.7. The Bertz CT molecular complexity index is 680. The van der Waals surface area contributed by atoms with Gasteiger partial charge in [-0.3, -0.25) is 4.79 Å². The molecule has 1 aliphatic rings. The van der Waals surface area contributed by atoms with Crippen molar-refractivity contribution < 1.29 is 4.79 Å². The molecule has 0 bridgehead atoms. The van der Waals surface area contributed by atoms with Crippen molar-refractivity contribution in [3.63, 3.8) is 0 Å². The molecule has 0 aliphatic carbocycles. The number of amides is 1. The Balaban J connectivity index is 1.68. The van der Waals surface area contributed by atoms with Gasteiger partial charge in [-0.05, 0) is 19.5 Å². The number of para-hydroxylation sites is 1. The van der Waals surface area contributed by atoms with E-state index in [1.807, 2.05) is 36.1 Å². The quantitative estimate of drug-likeness (QED) is 0.636. The summed E-state index contributed by atoms with van der Waals surface area (Å²) in [6.07, 6.45) is 1.57. The highest BCUT2D eigenvalue weighted by atomic mass is 32.2. The Morgan fingerprint density at radius 3 is 2.70 bits per heavy atom. The molecule has 23 heavy (non-hydrogen) atoms. The number of nitrogens with zero attached hydrogens (tertiary/aromatic N) is 4. The van der Waals surface area contributed by atoms with Gasteiger partial charge < -0.3 is 9.80 Å². The highest BCUT2D eigenvalue weighted by molar-refractivity contribution is 8.00. The summed E-state index contributed by atoms with van der Waals surface area (Å²) in [6.45, 7) is 8.77. The number of rotatable bonds is 4. The van der Waals surface area contributed by atoms with Crippen molar-refractivity contribution in [1.82, 2.24) is 19.8 Å². The first kappa shape index (κ1) is 16.2. The van der Waals surface area contributed by atoms with Crippen molar-refractivity contribution in [1.29, 1.82) is 0 Å². The summed E-state index contributed by atoms with van der Waals surface area (Å²) in [6, 6.07) is 7.92. The van der Waals surface area contributed by atoms with E-state index < -0.39 is 0 Å². The van der Waals surface area contributed by atoms with E-state index >= 15 is 0 Å². The van der Waals surface area contributed by atoms with Gasteiger partial charge in [-0.1, -0.05) is 36.9 Å². The summed E-state index contributed by atoms with van der Waals surface area (Å²) in [4.78, 5) is 25.7. The van der Waals surface area contributed by atoms with Crippen LogP contribution in [-0.2, 0) is 4.79 Å². The average molecular weight is 330 g/mol. The molecular formula is C17H22N4OS. The minimum Gasteiger partial charge on any atom is -0.339 e. The van der Waals surface area contributed by atoms with Crippen molar-refractivity contribution in [2.75, 3.05) is 32.7 Å². The molecular weight excluding hydrogens is 308 g/mol. The SMILES string of the molecule is CCN1CCN(C(=O)[C@@H](C)Sc2ncnc3ccccc23)CC1. The van der Waals surface area contributed by atoms with E-state index in [-0.39, 0.29) is 11.2 Å². The molecule has 2 aromatic rings. The zero-order valence-electron chi connectivity index (χ0n) is 13.6. The normalized spacial score (nSPS) is 17.4. The van der Waals surface area contributed by atoms with Gasteiger partial charge in [0.25, 0.3) is 0 Å². The van der Waals surface area contributed by atoms with Crippen LogP contribution in [0.2, 0.25) is 0 Å². The van der Waals surface area contributed by atoms with Crippen molar-refractivity contribution >= 4 is 28.6 Å². The van der Waals surface area contributed by atoms with E-state index in [9.17, 15) is 4.79 Å². The molecule has 1 amide bonds. The first-order chi connectivity index (χ1) is 11.2. The lowest BCUT2D eigenvalue weighted by Crippen LogP contribution is -2.50. The van der Waals surface area contributed by atoms with E-state index in [2.05, 4.69) is 21.8 Å². The second-order valence-electron chi connectivity index (χ2n) is 5.72. The highest BCUT2D eigenvalue weighted by Crippen LogP contribution is 2.28. The number of aromatic nitrogens is 2. The lowest BCUT2D eigenvalue weighted by atomic mass is 10.2. The largest absolute Gasteiger partial charge is 0.339 e. The maximum Gasteiger partial charge on any atom is 0.235 e. The van der Waals surface area contributed by atoms with Crippen LogP contribution in [0, 0.1) is 0 Å². The predicted octanol–water partition coefficient (Wildman–Crippen LogP) is 2.27. The Kier molecular flexibility index (Phi) is 5.13. The first-order valence-electron chi connectivity index (χ1n) is 8.06. The molecule has 6 heteroatoms. The van der Waals surface area contributed by atoms with Gasteiger partial charge in [-0.25, -0.2) is 9.97 Å². The van der Waals surface area contributed by atoms with E-state index in [1.165, 1.54) is 11.8 Å². The van der Waals surface area contributed by atoms with Gasteiger partial charge in [0.1, 0.15) is 11.4 Å². The lowest BCUT2D eigenvalue weighted by molar-refractivity contribution is -0.132. The second kappa shape index (κ2) is 7.27. The number of fused-ring (bicyclic) bond motifs is 1. The smallest absolute Gasteiger partial charge is 0.235 e. The molecule has 1 saturated heterocycles. The predicted molar refractivity (Wildman–Crippen MR) is 93.6 cm³/mol. The van der Waals surface area contributed by atoms with Crippen LogP contribution in [0.1, 0.15) is 13.8 Å². The van der Waals surface area contributed by atoms with Crippen LogP contribution >= 0.6 is 11.8 Å². The standard InChI is InChI=1S/C17H22N4OS/c1-3-20-8-10-21(11-9-20)17(22)13(2)23-16-14-6-4-5-7-15(14)18-12-19-16/h4-7,12-13H,3,8-11H2,1-2H3/t13-/m1/s1. The van der Waals surface area contributed by atoms with Crippen molar-refractivity contribution in [2.45, 2.75) is 24.1 Å². The van der Waals surface area contributed by atoms with Crippen LogP contribution < -0.4 is 0 Å². The number of piperazine rings is 1. The summed E-state index contributed by atoms with van der Waals surface area (Å²) in [5, 5.41) is 1.75. The van der Waals surface area contributed by atoms with Gasteiger partial charge in [0.05, 0.1) is 10.8 Å². The summed E-state index contributed by atoms with van der Waals surface area (Å²) in [7, 11) is 0. The van der Waals surface area contributed by atoms with E-state index in [4.69, 9.17) is 0 Å². The number of carbonyl (C=O) groups excluding carboxylic acids is 1. The number of hydrogen-bond donors (Lipinski definition) is 0. The van der Waals surface area contributed by atoms with Crippen LogP contribution in [-0.4, -0.2) is 63.6 Å². The lowest BCUT2D eigenvalue weighted by Gasteiger charge is -2.35. The van der Waals surface area contributed by atoms with Crippen molar-refractivity contribution in [3.05, 3.63) is 30.6 Å². The summed E-state index contributed by atoms with van der Waals surface area (Å²) in [5.41, 5.74) is 0.918. The fraction of sp³-hybridized carbons (Fsp3) is 0.471. The molecule has 1 aromatic heterocycles. The molecule has 1 atom stereocenters. The van der Waals surface area contributed by atoms with E-state index in [1.54, 1.807) is 6.33 Å². The topological polar surface area (TPSA) is 49.3 Å². The molecule has 0 saturated carbocycles. The molecule has 1 aromatic carbocycles. The van der Waals surface area contributed by atoms with E-state index in [0.717, 1.165) is 48.7 Å². The molecule has 5 nitrogen and oxygen atoms in total. The molecule has 1 aliphatic heterocycles. The third-order valence-corrected chi connectivity index (χ3v) is 5.38. The van der Waals surface area contributed by atoms with Gasteiger partial charge in [0, 0.05) is 31.6 Å². The monoisotopic (exact) mass is 330 g/mol. The Morgan fingerprint density at radius 1 is 1.22 bits per heavy atom. The van der Waals surface area contributed by atoms with Gasteiger partial charge in [0.2, 0.25) is 5.91 Å². The summed E-state index contributed by atoms with van der Waals surface area (Å²) >= 11 is 1.53. The number of likely N-dealkylation sites (N-methyl/N-ethyl adjacent to an activating group) is 1. The number of thioether (sulfide) groups is 1. The summed E-state index contributed by atoms with van der Waals surface area (Å²) in [5.74, 6) is 0.202. The molecule has 122 valence electrons. The second-order valence-corrected chi connectivity index (χ2v) is 7.05. The zero-order chi connectivity index (χ0) is 16.2. The minimum absolute atomic E-state index is 0.138. The number of hydrogen-bond acceptors (Lipinski definition) is 5.